The first kappa shape index (κ1) is 10.8. The molecule has 0 saturated carbocycles. The van der Waals surface area contributed by atoms with E-state index in [0.29, 0.717) is 6.54 Å². The van der Waals surface area contributed by atoms with Crippen molar-refractivity contribution in [1.82, 2.24) is 15.3 Å². The lowest BCUT2D eigenvalue weighted by molar-refractivity contribution is 0.418. The molecule has 2 aromatic rings. The quantitative estimate of drug-likeness (QED) is 0.849. The number of benzene rings is 1. The Kier molecular flexibility index (Phi) is 3.01. The van der Waals surface area contributed by atoms with Crippen LogP contribution in [0.25, 0.3) is 10.9 Å². The van der Waals surface area contributed by atoms with Crippen molar-refractivity contribution in [1.29, 1.82) is 0 Å². The van der Waals surface area contributed by atoms with Crippen molar-refractivity contribution >= 4 is 10.9 Å². The predicted octanol–water partition coefficient (Wildman–Crippen LogP) is 1.67. The number of rotatable bonds is 3. The minimum Gasteiger partial charge on any atom is -0.494 e. The molecule has 0 radical (unpaired) electrons. The summed E-state index contributed by atoms with van der Waals surface area (Å²) in [5.74, 6) is 1.58. The van der Waals surface area contributed by atoms with Crippen molar-refractivity contribution in [3.8, 4) is 5.75 Å². The van der Waals surface area contributed by atoms with Crippen LogP contribution in [0, 0.1) is 6.92 Å². The van der Waals surface area contributed by atoms with Gasteiger partial charge >= 0.3 is 0 Å². The molecule has 1 N–H and O–H groups in total. The summed E-state index contributed by atoms with van der Waals surface area (Å²) in [6.07, 6.45) is 0. The standard InChI is InChI=1S/C12H15N3O/c1-8-9-5-4-6-10(16-3)12(9)15-11(14-8)7-13-2/h4-6,13H,7H2,1-3H3. The summed E-state index contributed by atoms with van der Waals surface area (Å²) in [4.78, 5) is 8.94. The normalized spacial score (nSPS) is 10.7. The summed E-state index contributed by atoms with van der Waals surface area (Å²) >= 11 is 0. The third-order valence-electron chi connectivity index (χ3n) is 2.48. The number of hydrogen-bond acceptors (Lipinski definition) is 4. The number of methoxy groups -OCH3 is 1. The molecular formula is C12H15N3O. The number of hydrogen-bond donors (Lipinski definition) is 1. The van der Waals surface area contributed by atoms with Gasteiger partial charge in [-0.25, -0.2) is 9.97 Å². The van der Waals surface area contributed by atoms with E-state index in [4.69, 9.17) is 4.74 Å². The molecule has 0 aliphatic carbocycles. The van der Waals surface area contributed by atoms with Crippen LogP contribution < -0.4 is 10.1 Å². The smallest absolute Gasteiger partial charge is 0.145 e. The number of aromatic nitrogens is 2. The SMILES string of the molecule is CNCc1nc(C)c2cccc(OC)c2n1. The van der Waals surface area contributed by atoms with Crippen LogP contribution in [-0.4, -0.2) is 24.1 Å². The van der Waals surface area contributed by atoms with Gasteiger partial charge < -0.3 is 10.1 Å². The molecule has 0 atom stereocenters. The van der Waals surface area contributed by atoms with Crippen molar-refractivity contribution in [2.24, 2.45) is 0 Å². The number of para-hydroxylation sites is 1. The summed E-state index contributed by atoms with van der Waals surface area (Å²) < 4.78 is 5.30. The number of nitrogens with one attached hydrogen (secondary N) is 1. The van der Waals surface area contributed by atoms with E-state index in [-0.39, 0.29) is 0 Å². The van der Waals surface area contributed by atoms with E-state index in [0.717, 1.165) is 28.2 Å². The van der Waals surface area contributed by atoms with Crippen LogP contribution in [-0.2, 0) is 6.54 Å². The van der Waals surface area contributed by atoms with E-state index in [9.17, 15) is 0 Å². The minimum atomic E-state index is 0.662. The van der Waals surface area contributed by atoms with E-state index in [1.165, 1.54) is 0 Å². The van der Waals surface area contributed by atoms with Crippen molar-refractivity contribution < 1.29 is 4.74 Å². The zero-order chi connectivity index (χ0) is 11.5. The lowest BCUT2D eigenvalue weighted by Crippen LogP contribution is -2.10. The average Bonchev–Trinajstić information content (AvgIpc) is 2.29. The third-order valence-corrected chi connectivity index (χ3v) is 2.48. The van der Waals surface area contributed by atoms with Crippen LogP contribution in [0.1, 0.15) is 11.5 Å². The van der Waals surface area contributed by atoms with Crippen LogP contribution in [0.3, 0.4) is 0 Å². The topological polar surface area (TPSA) is 47.0 Å². The first-order chi connectivity index (χ1) is 7.76. The molecule has 0 fully saturated rings. The Morgan fingerprint density at radius 2 is 2.12 bits per heavy atom. The third kappa shape index (κ3) is 1.84. The Balaban J connectivity index is 2.67. The Labute approximate surface area is 94.7 Å². The van der Waals surface area contributed by atoms with Gasteiger partial charge in [-0.15, -0.1) is 0 Å². The molecule has 1 heterocycles. The van der Waals surface area contributed by atoms with Crippen molar-refractivity contribution in [3.05, 3.63) is 29.7 Å². The van der Waals surface area contributed by atoms with E-state index in [1.54, 1.807) is 7.11 Å². The van der Waals surface area contributed by atoms with Crippen molar-refractivity contribution in [2.75, 3.05) is 14.2 Å². The second-order valence-corrected chi connectivity index (χ2v) is 3.61. The van der Waals surface area contributed by atoms with E-state index in [2.05, 4.69) is 15.3 Å². The molecule has 0 aliphatic heterocycles. The highest BCUT2D eigenvalue weighted by Gasteiger charge is 2.07. The summed E-state index contributed by atoms with van der Waals surface area (Å²) in [5, 5.41) is 4.09. The monoisotopic (exact) mass is 217 g/mol. The van der Waals surface area contributed by atoms with Crippen molar-refractivity contribution in [3.63, 3.8) is 0 Å². The van der Waals surface area contributed by atoms with Gasteiger partial charge in [0.1, 0.15) is 17.1 Å². The predicted molar refractivity (Wildman–Crippen MR) is 63.6 cm³/mol. The maximum Gasteiger partial charge on any atom is 0.145 e. The fourth-order valence-electron chi connectivity index (χ4n) is 1.74. The molecule has 2 rings (SSSR count). The van der Waals surface area contributed by atoms with Crippen molar-refractivity contribution in [2.45, 2.75) is 13.5 Å². The van der Waals surface area contributed by atoms with Gasteiger partial charge in [-0.2, -0.15) is 0 Å². The van der Waals surface area contributed by atoms with Crippen LogP contribution in [0.4, 0.5) is 0 Å². The Hall–Kier alpha value is -1.68. The Morgan fingerprint density at radius 1 is 1.31 bits per heavy atom. The molecule has 0 spiro atoms. The number of ether oxygens (including phenoxy) is 1. The van der Waals surface area contributed by atoms with E-state index in [1.807, 2.05) is 32.2 Å². The van der Waals surface area contributed by atoms with Crippen LogP contribution in [0.5, 0.6) is 5.75 Å². The Bertz CT molecular complexity index is 511. The first-order valence-electron chi connectivity index (χ1n) is 5.21. The maximum atomic E-state index is 5.30. The molecule has 0 unspecified atom stereocenters. The minimum absolute atomic E-state index is 0.662. The van der Waals surface area contributed by atoms with Gasteiger partial charge in [-0.05, 0) is 20.0 Å². The molecular weight excluding hydrogens is 202 g/mol. The summed E-state index contributed by atoms with van der Waals surface area (Å²) in [5.41, 5.74) is 1.86. The maximum absolute atomic E-state index is 5.30. The van der Waals surface area contributed by atoms with Gasteiger partial charge in [0.2, 0.25) is 0 Å². The first-order valence-corrected chi connectivity index (χ1v) is 5.21. The van der Waals surface area contributed by atoms with Gasteiger partial charge in [0.25, 0.3) is 0 Å². The van der Waals surface area contributed by atoms with Gasteiger partial charge in [0.15, 0.2) is 0 Å². The lowest BCUT2D eigenvalue weighted by atomic mass is 10.2. The Morgan fingerprint density at radius 3 is 2.81 bits per heavy atom. The molecule has 4 nitrogen and oxygen atoms in total. The molecule has 84 valence electrons. The molecule has 16 heavy (non-hydrogen) atoms. The molecule has 0 aliphatic rings. The molecule has 1 aromatic carbocycles. The summed E-state index contributed by atoms with van der Waals surface area (Å²) in [7, 11) is 3.54. The van der Waals surface area contributed by atoms with Crippen LogP contribution in [0.2, 0.25) is 0 Å². The summed E-state index contributed by atoms with van der Waals surface area (Å²) in [6, 6.07) is 5.88. The van der Waals surface area contributed by atoms with E-state index < -0.39 is 0 Å². The van der Waals surface area contributed by atoms with E-state index >= 15 is 0 Å². The van der Waals surface area contributed by atoms with Crippen LogP contribution >= 0.6 is 0 Å². The van der Waals surface area contributed by atoms with Crippen LogP contribution in [0.15, 0.2) is 18.2 Å². The van der Waals surface area contributed by atoms with Gasteiger partial charge in [0.05, 0.1) is 13.7 Å². The second-order valence-electron chi connectivity index (χ2n) is 3.61. The highest BCUT2D eigenvalue weighted by Crippen LogP contribution is 2.24. The fraction of sp³-hybridized carbons (Fsp3) is 0.333. The molecule has 0 saturated heterocycles. The van der Waals surface area contributed by atoms with Gasteiger partial charge in [-0.1, -0.05) is 12.1 Å². The number of fused-ring (bicyclic) bond motifs is 1. The second kappa shape index (κ2) is 4.45. The zero-order valence-corrected chi connectivity index (χ0v) is 9.74. The lowest BCUT2D eigenvalue weighted by Gasteiger charge is -2.08. The zero-order valence-electron chi connectivity index (χ0n) is 9.74. The molecule has 1 aromatic heterocycles. The summed E-state index contributed by atoms with van der Waals surface area (Å²) in [6.45, 7) is 2.65. The number of nitrogens with zero attached hydrogens (tertiary/aromatic N) is 2. The molecule has 0 amide bonds. The highest BCUT2D eigenvalue weighted by molar-refractivity contribution is 5.86. The molecule has 0 bridgehead atoms. The fourth-order valence-corrected chi connectivity index (χ4v) is 1.74. The number of aryl methyl sites for hydroxylation is 1. The van der Waals surface area contributed by atoms with Gasteiger partial charge in [-0.3, -0.25) is 0 Å². The largest absolute Gasteiger partial charge is 0.494 e. The average molecular weight is 217 g/mol. The molecule has 4 heteroatoms. The highest BCUT2D eigenvalue weighted by atomic mass is 16.5. The van der Waals surface area contributed by atoms with Gasteiger partial charge in [0, 0.05) is 11.1 Å².